The zero-order valence-electron chi connectivity index (χ0n) is 9.59. The largest absolute Gasteiger partial charge is 0.354 e. The highest BCUT2D eigenvalue weighted by atomic mass is 35.5. The third-order valence-electron chi connectivity index (χ3n) is 3.48. The molecule has 3 heteroatoms. The van der Waals surface area contributed by atoms with Crippen molar-refractivity contribution in [2.75, 3.05) is 12.4 Å². The van der Waals surface area contributed by atoms with Crippen LogP contribution in [0.5, 0.6) is 0 Å². The lowest BCUT2D eigenvalue weighted by Gasteiger charge is -2.40. The van der Waals surface area contributed by atoms with Crippen molar-refractivity contribution in [3.05, 3.63) is 11.3 Å². The molecule has 1 atom stereocenters. The second-order valence-electron chi connectivity index (χ2n) is 4.40. The number of hydrogen-bond acceptors (Lipinski definition) is 2. The van der Waals surface area contributed by atoms with Gasteiger partial charge >= 0.3 is 0 Å². The number of halogens is 1. The fraction of sp³-hybridized carbons (Fsp3) is 0.750. The van der Waals surface area contributed by atoms with Crippen molar-refractivity contribution in [1.82, 2.24) is 4.90 Å². The number of nitrogens with zero attached hydrogens (tertiary/aromatic N) is 2. The summed E-state index contributed by atoms with van der Waals surface area (Å²) < 4.78 is 0. The molecule has 0 radical (unpaired) electrons. The minimum Gasteiger partial charge on any atom is -0.354 e. The van der Waals surface area contributed by atoms with Crippen molar-refractivity contribution in [2.24, 2.45) is 4.99 Å². The first-order valence-corrected chi connectivity index (χ1v) is 6.37. The third-order valence-corrected chi connectivity index (χ3v) is 3.67. The topological polar surface area (TPSA) is 15.6 Å². The molecular formula is C12H19ClN2. The Morgan fingerprint density at radius 2 is 2.27 bits per heavy atom. The van der Waals surface area contributed by atoms with E-state index in [0.29, 0.717) is 11.9 Å². The van der Waals surface area contributed by atoms with Gasteiger partial charge in [0.25, 0.3) is 0 Å². The Bertz CT molecular complexity index is 307. The van der Waals surface area contributed by atoms with E-state index in [1.165, 1.54) is 36.5 Å². The summed E-state index contributed by atoms with van der Waals surface area (Å²) in [7, 11) is 0. The van der Waals surface area contributed by atoms with E-state index in [9.17, 15) is 0 Å². The second-order valence-corrected chi connectivity index (χ2v) is 4.78. The van der Waals surface area contributed by atoms with E-state index in [2.05, 4.69) is 18.7 Å². The highest BCUT2D eigenvalue weighted by Gasteiger charge is 2.28. The molecule has 2 nitrogen and oxygen atoms in total. The van der Waals surface area contributed by atoms with Crippen LogP contribution in [0.2, 0.25) is 0 Å². The van der Waals surface area contributed by atoms with Crippen LogP contribution in [0.4, 0.5) is 0 Å². The number of hydrogen-bond donors (Lipinski definition) is 0. The molecule has 0 bridgehead atoms. The van der Waals surface area contributed by atoms with E-state index >= 15 is 0 Å². The SMILES string of the molecule is CC1=C(CCCl)C(C)N2CCCCC2=N1. The van der Waals surface area contributed by atoms with E-state index in [4.69, 9.17) is 16.6 Å². The van der Waals surface area contributed by atoms with Gasteiger partial charge in [0.05, 0.1) is 6.04 Å². The molecule has 0 aromatic heterocycles. The number of piperidine rings is 1. The smallest absolute Gasteiger partial charge is 0.105 e. The van der Waals surface area contributed by atoms with E-state index < -0.39 is 0 Å². The Balaban J connectivity index is 2.26. The van der Waals surface area contributed by atoms with Crippen LogP contribution in [0, 0.1) is 0 Å². The monoisotopic (exact) mass is 226 g/mol. The molecule has 84 valence electrons. The second kappa shape index (κ2) is 4.56. The molecule has 0 aromatic carbocycles. The van der Waals surface area contributed by atoms with Crippen LogP contribution in [-0.4, -0.2) is 29.2 Å². The van der Waals surface area contributed by atoms with Crippen LogP contribution in [0.3, 0.4) is 0 Å². The van der Waals surface area contributed by atoms with Crippen LogP contribution in [0.25, 0.3) is 0 Å². The molecule has 0 spiro atoms. The predicted molar refractivity (Wildman–Crippen MR) is 65.5 cm³/mol. The summed E-state index contributed by atoms with van der Waals surface area (Å²) in [6.07, 6.45) is 4.72. The molecule has 1 saturated heterocycles. The van der Waals surface area contributed by atoms with Crippen LogP contribution in [0.15, 0.2) is 16.3 Å². The Morgan fingerprint density at radius 3 is 3.00 bits per heavy atom. The summed E-state index contributed by atoms with van der Waals surface area (Å²) in [5.41, 5.74) is 2.63. The average Bonchev–Trinajstić information content (AvgIpc) is 2.24. The van der Waals surface area contributed by atoms with Crippen molar-refractivity contribution in [3.8, 4) is 0 Å². The third kappa shape index (κ3) is 2.05. The Kier molecular flexibility index (Phi) is 3.35. The fourth-order valence-corrected chi connectivity index (χ4v) is 2.83. The summed E-state index contributed by atoms with van der Waals surface area (Å²) in [5, 5.41) is 0. The molecule has 0 saturated carbocycles. The van der Waals surface area contributed by atoms with Gasteiger partial charge < -0.3 is 4.90 Å². The first-order valence-electron chi connectivity index (χ1n) is 5.84. The summed E-state index contributed by atoms with van der Waals surface area (Å²) in [6.45, 7) is 5.57. The van der Waals surface area contributed by atoms with Gasteiger partial charge in [0.2, 0.25) is 0 Å². The fourth-order valence-electron chi connectivity index (χ4n) is 2.62. The van der Waals surface area contributed by atoms with Crippen LogP contribution in [-0.2, 0) is 0 Å². The lowest BCUT2D eigenvalue weighted by molar-refractivity contribution is 0.313. The zero-order chi connectivity index (χ0) is 10.8. The number of fused-ring (bicyclic) bond motifs is 1. The van der Waals surface area contributed by atoms with Gasteiger partial charge in [-0.05, 0) is 38.7 Å². The molecule has 0 amide bonds. The van der Waals surface area contributed by atoms with Gasteiger partial charge in [-0.2, -0.15) is 0 Å². The van der Waals surface area contributed by atoms with Crippen molar-refractivity contribution >= 4 is 17.4 Å². The summed E-state index contributed by atoms with van der Waals surface area (Å²) in [5.74, 6) is 2.00. The van der Waals surface area contributed by atoms with Crippen molar-refractivity contribution in [2.45, 2.75) is 45.6 Å². The standard InChI is InChI=1S/C12H19ClN2/c1-9-11(6-7-13)10(2)15-8-4-3-5-12(15)14-9/h10H,3-8H2,1-2H3. The van der Waals surface area contributed by atoms with Gasteiger partial charge in [-0.1, -0.05) is 0 Å². The van der Waals surface area contributed by atoms with E-state index in [1.807, 2.05) is 0 Å². The number of allylic oxidation sites excluding steroid dienone is 1. The van der Waals surface area contributed by atoms with Gasteiger partial charge in [0.1, 0.15) is 5.84 Å². The molecule has 1 fully saturated rings. The van der Waals surface area contributed by atoms with Crippen molar-refractivity contribution < 1.29 is 0 Å². The minimum atomic E-state index is 0.511. The van der Waals surface area contributed by atoms with Crippen LogP contribution >= 0.6 is 11.6 Å². The van der Waals surface area contributed by atoms with E-state index in [0.717, 1.165) is 12.8 Å². The molecule has 15 heavy (non-hydrogen) atoms. The molecule has 2 aliphatic heterocycles. The van der Waals surface area contributed by atoms with Gasteiger partial charge in [-0.15, -0.1) is 11.6 Å². The zero-order valence-corrected chi connectivity index (χ0v) is 10.3. The number of amidine groups is 1. The minimum absolute atomic E-state index is 0.511. The molecule has 0 aliphatic carbocycles. The lowest BCUT2D eigenvalue weighted by Crippen LogP contribution is -2.45. The van der Waals surface area contributed by atoms with E-state index in [1.54, 1.807) is 0 Å². The molecule has 2 rings (SSSR count). The number of alkyl halides is 1. The maximum Gasteiger partial charge on any atom is 0.105 e. The van der Waals surface area contributed by atoms with Gasteiger partial charge in [0, 0.05) is 24.5 Å². The molecule has 0 N–H and O–H groups in total. The first-order chi connectivity index (χ1) is 7.24. The summed E-state index contributed by atoms with van der Waals surface area (Å²) >= 11 is 5.84. The Morgan fingerprint density at radius 1 is 1.47 bits per heavy atom. The summed E-state index contributed by atoms with van der Waals surface area (Å²) in [6, 6.07) is 0.511. The van der Waals surface area contributed by atoms with Crippen molar-refractivity contribution in [3.63, 3.8) is 0 Å². The number of rotatable bonds is 2. The molecule has 1 unspecified atom stereocenters. The first kappa shape index (κ1) is 11.0. The molecule has 2 aliphatic rings. The summed E-state index contributed by atoms with van der Waals surface area (Å²) in [4.78, 5) is 7.17. The molecular weight excluding hydrogens is 208 g/mol. The molecule has 0 aromatic rings. The predicted octanol–water partition coefficient (Wildman–Crippen LogP) is 3.18. The van der Waals surface area contributed by atoms with Crippen molar-refractivity contribution in [1.29, 1.82) is 0 Å². The Labute approximate surface area is 97.0 Å². The highest BCUT2D eigenvalue weighted by Crippen LogP contribution is 2.29. The Hall–Kier alpha value is -0.500. The highest BCUT2D eigenvalue weighted by molar-refractivity contribution is 6.18. The van der Waals surface area contributed by atoms with Gasteiger partial charge in [-0.3, -0.25) is 0 Å². The van der Waals surface area contributed by atoms with Gasteiger partial charge in [0.15, 0.2) is 0 Å². The average molecular weight is 227 g/mol. The number of aliphatic imine (C=N–C) groups is 1. The van der Waals surface area contributed by atoms with Gasteiger partial charge in [-0.25, -0.2) is 4.99 Å². The van der Waals surface area contributed by atoms with Crippen LogP contribution < -0.4 is 0 Å². The lowest BCUT2D eigenvalue weighted by atomic mass is 9.97. The van der Waals surface area contributed by atoms with E-state index in [-0.39, 0.29) is 0 Å². The maximum atomic E-state index is 5.84. The van der Waals surface area contributed by atoms with Crippen LogP contribution in [0.1, 0.15) is 39.5 Å². The maximum absolute atomic E-state index is 5.84. The quantitative estimate of drug-likeness (QED) is 0.661. The normalized spacial score (nSPS) is 26.5. The molecule has 2 heterocycles.